The molecule has 1 aliphatic carbocycles. The largest absolute Gasteiger partial charge is 0.490 e. The molecule has 1 saturated carbocycles. The number of ether oxygens (including phenoxy) is 2. The lowest BCUT2D eigenvalue weighted by Gasteiger charge is -2.40. The number of fused-ring (bicyclic) bond motifs is 1. The maximum absolute atomic E-state index is 12.0. The van der Waals surface area contributed by atoms with E-state index in [4.69, 9.17) is 15.3 Å². The van der Waals surface area contributed by atoms with E-state index in [0.717, 1.165) is 42.7 Å². The quantitative estimate of drug-likeness (QED) is 0.478. The minimum absolute atomic E-state index is 0.117. The maximum atomic E-state index is 12.0. The average molecular weight is 262 g/mol. The number of hydrogen-bond donors (Lipinski definition) is 2. The van der Waals surface area contributed by atoms with Crippen molar-refractivity contribution in [1.82, 2.24) is 5.43 Å². The van der Waals surface area contributed by atoms with Gasteiger partial charge in [-0.25, -0.2) is 5.84 Å². The van der Waals surface area contributed by atoms with Gasteiger partial charge < -0.3 is 9.47 Å². The zero-order valence-corrected chi connectivity index (χ0v) is 10.8. The van der Waals surface area contributed by atoms with E-state index in [2.05, 4.69) is 5.43 Å². The Morgan fingerprint density at radius 3 is 2.53 bits per heavy atom. The molecule has 0 spiro atoms. The van der Waals surface area contributed by atoms with Gasteiger partial charge in [-0.05, 0) is 30.5 Å². The van der Waals surface area contributed by atoms with Gasteiger partial charge in [0.1, 0.15) is 0 Å². The Labute approximate surface area is 112 Å². The Hall–Kier alpha value is -1.75. The molecule has 0 atom stereocenters. The van der Waals surface area contributed by atoms with Crippen LogP contribution in [0.25, 0.3) is 0 Å². The Morgan fingerprint density at radius 2 is 1.89 bits per heavy atom. The minimum Gasteiger partial charge on any atom is -0.490 e. The van der Waals surface area contributed by atoms with Crippen molar-refractivity contribution >= 4 is 5.91 Å². The van der Waals surface area contributed by atoms with Crippen molar-refractivity contribution in [3.8, 4) is 11.5 Å². The molecule has 3 rings (SSSR count). The molecule has 3 N–H and O–H groups in total. The first kappa shape index (κ1) is 12.3. The molecule has 1 amide bonds. The highest BCUT2D eigenvalue weighted by atomic mass is 16.5. The second kappa shape index (κ2) is 4.74. The van der Waals surface area contributed by atoms with Gasteiger partial charge in [-0.2, -0.15) is 0 Å². The van der Waals surface area contributed by atoms with Gasteiger partial charge in [0.25, 0.3) is 0 Å². The number of carbonyl (C=O) groups excluding carboxylic acids is 1. The Bertz CT molecular complexity index is 497. The van der Waals surface area contributed by atoms with Crippen molar-refractivity contribution < 1.29 is 14.3 Å². The number of nitrogens with one attached hydrogen (secondary N) is 1. The van der Waals surface area contributed by atoms with Crippen molar-refractivity contribution in [3.63, 3.8) is 0 Å². The molecule has 1 heterocycles. The summed E-state index contributed by atoms with van der Waals surface area (Å²) in [5, 5.41) is 0. The summed E-state index contributed by atoms with van der Waals surface area (Å²) in [6.07, 6.45) is 3.58. The molecule has 0 unspecified atom stereocenters. The van der Waals surface area contributed by atoms with Crippen LogP contribution in [0.2, 0.25) is 0 Å². The minimum atomic E-state index is -0.487. The summed E-state index contributed by atoms with van der Waals surface area (Å²) in [6, 6.07) is 5.76. The standard InChI is InChI=1S/C14H18N2O3/c15-16-13(17)14(5-1-6-14)10-3-4-11-12(9-10)19-8-2-7-18-11/h3-4,9H,1-2,5-8,15H2,(H,16,17). The molecule has 0 radical (unpaired) electrons. The maximum Gasteiger partial charge on any atom is 0.244 e. The lowest BCUT2D eigenvalue weighted by Crippen LogP contribution is -2.51. The van der Waals surface area contributed by atoms with Crippen LogP contribution in [0.15, 0.2) is 18.2 Å². The van der Waals surface area contributed by atoms with Crippen molar-refractivity contribution in [1.29, 1.82) is 0 Å². The number of nitrogens with two attached hydrogens (primary N) is 1. The smallest absolute Gasteiger partial charge is 0.244 e. The molecular weight excluding hydrogens is 244 g/mol. The third-order valence-electron chi connectivity index (χ3n) is 4.07. The second-order valence-electron chi connectivity index (χ2n) is 5.12. The zero-order valence-electron chi connectivity index (χ0n) is 10.8. The number of amides is 1. The van der Waals surface area contributed by atoms with Crippen LogP contribution in [0.1, 0.15) is 31.2 Å². The van der Waals surface area contributed by atoms with Gasteiger partial charge in [-0.1, -0.05) is 12.5 Å². The van der Waals surface area contributed by atoms with Gasteiger partial charge in [0.2, 0.25) is 5.91 Å². The summed E-state index contributed by atoms with van der Waals surface area (Å²) in [4.78, 5) is 12.0. The zero-order chi connectivity index (χ0) is 13.3. The summed E-state index contributed by atoms with van der Waals surface area (Å²) in [6.45, 7) is 1.31. The van der Waals surface area contributed by atoms with E-state index in [1.165, 1.54) is 0 Å². The summed E-state index contributed by atoms with van der Waals surface area (Å²) < 4.78 is 11.3. The van der Waals surface area contributed by atoms with Gasteiger partial charge in [0.15, 0.2) is 11.5 Å². The lowest BCUT2D eigenvalue weighted by atomic mass is 9.64. The van der Waals surface area contributed by atoms with E-state index in [9.17, 15) is 4.79 Å². The third kappa shape index (κ3) is 1.94. The lowest BCUT2D eigenvalue weighted by molar-refractivity contribution is -0.130. The predicted molar refractivity (Wildman–Crippen MR) is 69.9 cm³/mol. The Morgan fingerprint density at radius 1 is 1.16 bits per heavy atom. The number of rotatable bonds is 2. The molecule has 5 nitrogen and oxygen atoms in total. The predicted octanol–water partition coefficient (Wildman–Crippen LogP) is 1.26. The Balaban J connectivity index is 1.97. The highest BCUT2D eigenvalue weighted by Crippen LogP contribution is 2.46. The van der Waals surface area contributed by atoms with E-state index in [0.29, 0.717) is 13.2 Å². The highest BCUT2D eigenvalue weighted by molar-refractivity contribution is 5.89. The van der Waals surface area contributed by atoms with E-state index in [-0.39, 0.29) is 5.91 Å². The second-order valence-corrected chi connectivity index (χ2v) is 5.12. The molecule has 5 heteroatoms. The Kier molecular flexibility index (Phi) is 3.06. The molecule has 19 heavy (non-hydrogen) atoms. The van der Waals surface area contributed by atoms with Crippen LogP contribution in [0.4, 0.5) is 0 Å². The molecule has 1 aromatic rings. The topological polar surface area (TPSA) is 73.6 Å². The average Bonchev–Trinajstić information content (AvgIpc) is 2.61. The number of hydrogen-bond acceptors (Lipinski definition) is 4. The monoisotopic (exact) mass is 262 g/mol. The van der Waals surface area contributed by atoms with Crippen LogP contribution in [0.5, 0.6) is 11.5 Å². The fourth-order valence-electron chi connectivity index (χ4n) is 2.78. The van der Waals surface area contributed by atoms with Crippen molar-refractivity contribution in [2.24, 2.45) is 5.84 Å². The number of hydrazine groups is 1. The summed E-state index contributed by atoms with van der Waals surface area (Å²) in [5.41, 5.74) is 2.76. The molecule has 0 saturated heterocycles. The third-order valence-corrected chi connectivity index (χ3v) is 4.07. The number of benzene rings is 1. The van der Waals surface area contributed by atoms with E-state index in [1.807, 2.05) is 18.2 Å². The SMILES string of the molecule is NNC(=O)C1(c2ccc3c(c2)OCCCO3)CCC1. The first-order valence-corrected chi connectivity index (χ1v) is 6.67. The van der Waals surface area contributed by atoms with Gasteiger partial charge in [-0.15, -0.1) is 0 Å². The molecule has 0 aromatic heterocycles. The first-order chi connectivity index (χ1) is 9.26. The van der Waals surface area contributed by atoms with Gasteiger partial charge in [0.05, 0.1) is 18.6 Å². The summed E-state index contributed by atoms with van der Waals surface area (Å²) in [5.74, 6) is 6.68. The van der Waals surface area contributed by atoms with Crippen molar-refractivity contribution in [3.05, 3.63) is 23.8 Å². The molecule has 1 fully saturated rings. The highest BCUT2D eigenvalue weighted by Gasteiger charge is 2.45. The van der Waals surface area contributed by atoms with E-state index < -0.39 is 5.41 Å². The van der Waals surface area contributed by atoms with E-state index in [1.54, 1.807) is 0 Å². The molecule has 2 aliphatic rings. The molecule has 1 aromatic carbocycles. The number of carbonyl (C=O) groups is 1. The van der Waals surface area contributed by atoms with Crippen LogP contribution in [-0.4, -0.2) is 19.1 Å². The van der Waals surface area contributed by atoms with Crippen LogP contribution in [0, 0.1) is 0 Å². The van der Waals surface area contributed by atoms with Crippen molar-refractivity contribution in [2.45, 2.75) is 31.1 Å². The normalized spacial score (nSPS) is 20.1. The van der Waals surface area contributed by atoms with Gasteiger partial charge in [0, 0.05) is 6.42 Å². The molecule has 102 valence electrons. The molecular formula is C14H18N2O3. The molecule has 1 aliphatic heterocycles. The van der Waals surface area contributed by atoms with Crippen LogP contribution >= 0.6 is 0 Å². The van der Waals surface area contributed by atoms with E-state index >= 15 is 0 Å². The van der Waals surface area contributed by atoms with Crippen molar-refractivity contribution in [2.75, 3.05) is 13.2 Å². The van der Waals surface area contributed by atoms with Gasteiger partial charge in [-0.3, -0.25) is 10.2 Å². The fraction of sp³-hybridized carbons (Fsp3) is 0.500. The van der Waals surface area contributed by atoms with Crippen LogP contribution < -0.4 is 20.7 Å². The van der Waals surface area contributed by atoms with Crippen LogP contribution in [0.3, 0.4) is 0 Å². The first-order valence-electron chi connectivity index (χ1n) is 6.67. The fourth-order valence-corrected chi connectivity index (χ4v) is 2.78. The molecule has 0 bridgehead atoms. The van der Waals surface area contributed by atoms with Crippen LogP contribution in [-0.2, 0) is 10.2 Å². The summed E-state index contributed by atoms with van der Waals surface area (Å²) in [7, 11) is 0. The van der Waals surface area contributed by atoms with Gasteiger partial charge >= 0.3 is 0 Å². The summed E-state index contributed by atoms with van der Waals surface area (Å²) >= 11 is 0.